The Kier molecular flexibility index (Phi) is 2.69. The number of carbonyl (C=O) groups is 2. The van der Waals surface area contributed by atoms with Crippen LogP contribution < -0.4 is 11.5 Å². The van der Waals surface area contributed by atoms with E-state index < -0.39 is 17.9 Å². The van der Waals surface area contributed by atoms with E-state index in [-0.39, 0.29) is 12.8 Å². The fraction of sp³-hybridized carbons (Fsp3) is 0.600. The molecule has 0 bridgehead atoms. The standard InChI is InChI=1S/C5H10N2O3/c6-3(5(9)10)1-2-4(7)8/h3H,1-2,6H2,(H2,7,8)(H,9,10)/i/hD. The molecular formula is C5H10N2O3. The zero-order chi connectivity index (χ0) is 8.85. The van der Waals surface area contributed by atoms with Crippen LogP contribution in [0.15, 0.2) is 0 Å². The van der Waals surface area contributed by atoms with Crippen LogP contribution in [-0.2, 0) is 9.59 Å². The molecular weight excluding hydrogens is 136 g/mol. The Morgan fingerprint density at radius 1 is 1.70 bits per heavy atom. The molecule has 58 valence electrons. The quantitative estimate of drug-likeness (QED) is 0.447. The SMILES string of the molecule is [2H]NC(CCC(N)=O)C(=O)O. The van der Waals surface area contributed by atoms with Crippen LogP contribution in [0.3, 0.4) is 0 Å². The van der Waals surface area contributed by atoms with E-state index in [1.54, 1.807) is 5.73 Å². The molecule has 10 heavy (non-hydrogen) atoms. The van der Waals surface area contributed by atoms with E-state index in [4.69, 9.17) is 12.3 Å². The smallest absolute Gasteiger partial charge is 0.320 e. The van der Waals surface area contributed by atoms with Gasteiger partial charge >= 0.3 is 5.97 Å². The number of hydrogen-bond donors (Lipinski definition) is 3. The zero-order valence-corrected chi connectivity index (χ0v) is 5.33. The summed E-state index contributed by atoms with van der Waals surface area (Å²) in [6.07, 6.45) is 0.0248. The molecule has 0 aliphatic carbocycles. The van der Waals surface area contributed by atoms with Crippen molar-refractivity contribution >= 4 is 11.9 Å². The van der Waals surface area contributed by atoms with Crippen LogP contribution in [0.1, 0.15) is 12.8 Å². The molecule has 0 radical (unpaired) electrons. The number of carboxylic acid groups (broad SMARTS) is 1. The summed E-state index contributed by atoms with van der Waals surface area (Å²) in [4.78, 5) is 20.4. The molecule has 0 aromatic heterocycles. The number of aliphatic carboxylic acids is 1. The Bertz CT molecular complexity index is 162. The summed E-state index contributed by atoms with van der Waals surface area (Å²) in [5.74, 6) is -1.72. The molecule has 0 aliphatic heterocycles. The lowest BCUT2D eigenvalue weighted by Crippen LogP contribution is -2.31. The van der Waals surface area contributed by atoms with E-state index in [9.17, 15) is 9.59 Å². The van der Waals surface area contributed by atoms with Gasteiger partial charge in [0.1, 0.15) is 7.45 Å². The molecule has 5 N–H and O–H groups in total. The summed E-state index contributed by atoms with van der Waals surface area (Å²) < 4.78 is 6.55. The fourth-order valence-corrected chi connectivity index (χ4v) is 0.410. The Morgan fingerprint density at radius 2 is 2.30 bits per heavy atom. The average Bonchev–Trinajstić information content (AvgIpc) is 1.87. The topological polar surface area (TPSA) is 106 Å². The highest BCUT2D eigenvalue weighted by Gasteiger charge is 2.11. The largest absolute Gasteiger partial charge is 0.480 e. The molecule has 0 rings (SSSR count). The Labute approximate surface area is 59.5 Å². The molecule has 0 aliphatic rings. The van der Waals surface area contributed by atoms with Crippen LogP contribution in [0.25, 0.3) is 0 Å². The van der Waals surface area contributed by atoms with Gasteiger partial charge in [0.25, 0.3) is 0 Å². The van der Waals surface area contributed by atoms with Gasteiger partial charge in [0.05, 0.1) is 0 Å². The molecule has 0 aromatic carbocycles. The maximum Gasteiger partial charge on any atom is 0.320 e. The van der Waals surface area contributed by atoms with E-state index in [1.807, 2.05) is 0 Å². The summed E-state index contributed by atoms with van der Waals surface area (Å²) in [6.45, 7) is 0. The summed E-state index contributed by atoms with van der Waals surface area (Å²) in [6, 6.07) is -1.01. The highest BCUT2D eigenvalue weighted by atomic mass is 16.4. The van der Waals surface area contributed by atoms with Gasteiger partial charge < -0.3 is 16.6 Å². The summed E-state index contributed by atoms with van der Waals surface area (Å²) in [7, 11) is 0. The third-order valence-electron chi connectivity index (χ3n) is 0.978. The third-order valence-corrected chi connectivity index (χ3v) is 0.978. The van der Waals surface area contributed by atoms with Gasteiger partial charge in [-0.1, -0.05) is 0 Å². The van der Waals surface area contributed by atoms with Gasteiger partial charge in [0.15, 0.2) is 0 Å². The number of carbonyl (C=O) groups excluding carboxylic acids is 1. The van der Waals surface area contributed by atoms with Gasteiger partial charge in [0, 0.05) is 6.42 Å². The first-order valence-corrected chi connectivity index (χ1v) is 2.76. The summed E-state index contributed by atoms with van der Waals surface area (Å²) >= 11 is 0. The zero-order valence-electron chi connectivity index (χ0n) is 6.33. The molecule has 0 saturated heterocycles. The second-order valence-electron chi connectivity index (χ2n) is 1.90. The van der Waals surface area contributed by atoms with Crippen molar-refractivity contribution in [2.24, 2.45) is 11.5 Å². The van der Waals surface area contributed by atoms with Gasteiger partial charge in [0.2, 0.25) is 5.91 Å². The maximum atomic E-state index is 10.2. The maximum absolute atomic E-state index is 10.2. The number of nitrogens with two attached hydrogens (primary N) is 2. The minimum absolute atomic E-state index is 0.0250. The fourth-order valence-electron chi connectivity index (χ4n) is 0.410. The van der Waals surface area contributed by atoms with Crippen molar-refractivity contribution in [2.45, 2.75) is 18.9 Å². The molecule has 1 unspecified atom stereocenters. The van der Waals surface area contributed by atoms with Crippen molar-refractivity contribution in [3.63, 3.8) is 0 Å². The number of carboxylic acids is 1. The van der Waals surface area contributed by atoms with Crippen molar-refractivity contribution in [3.05, 3.63) is 0 Å². The lowest BCUT2D eigenvalue weighted by atomic mass is 10.2. The Balaban J connectivity index is 3.70. The van der Waals surface area contributed by atoms with Crippen LogP contribution in [-0.4, -0.2) is 23.0 Å². The van der Waals surface area contributed by atoms with Crippen LogP contribution >= 0.6 is 0 Å². The van der Waals surface area contributed by atoms with Crippen molar-refractivity contribution < 1.29 is 16.1 Å². The Morgan fingerprint density at radius 3 is 2.60 bits per heavy atom. The van der Waals surface area contributed by atoms with Crippen LogP contribution in [0.2, 0.25) is 1.41 Å². The highest BCUT2D eigenvalue weighted by Crippen LogP contribution is 1.92. The van der Waals surface area contributed by atoms with E-state index >= 15 is 0 Å². The van der Waals surface area contributed by atoms with E-state index in [1.165, 1.54) is 0 Å². The predicted molar refractivity (Wildman–Crippen MR) is 34.0 cm³/mol. The van der Waals surface area contributed by atoms with Gasteiger partial charge in [-0.3, -0.25) is 9.59 Å². The molecule has 0 aromatic rings. The normalized spacial score (nSPS) is 13.8. The van der Waals surface area contributed by atoms with E-state index in [2.05, 4.69) is 0 Å². The van der Waals surface area contributed by atoms with Crippen molar-refractivity contribution in [1.82, 2.24) is 0 Å². The second kappa shape index (κ2) is 3.84. The first kappa shape index (κ1) is 7.01. The molecule has 0 saturated carbocycles. The van der Waals surface area contributed by atoms with Gasteiger partial charge in [-0.2, -0.15) is 0 Å². The van der Waals surface area contributed by atoms with E-state index in [0.29, 0.717) is 0 Å². The van der Waals surface area contributed by atoms with Gasteiger partial charge in [-0.25, -0.2) is 0 Å². The predicted octanol–water partition coefficient (Wildman–Crippen LogP) is -1.34. The van der Waals surface area contributed by atoms with Crippen molar-refractivity contribution in [3.8, 4) is 0 Å². The monoisotopic (exact) mass is 147 g/mol. The number of amides is 1. The Hall–Kier alpha value is -1.10. The molecule has 1 atom stereocenters. The minimum atomic E-state index is -1.15. The van der Waals surface area contributed by atoms with Crippen LogP contribution in [0.4, 0.5) is 0 Å². The van der Waals surface area contributed by atoms with Gasteiger partial charge in [-0.05, 0) is 6.42 Å². The molecule has 1 amide bonds. The minimum Gasteiger partial charge on any atom is -0.480 e. The summed E-state index contributed by atoms with van der Waals surface area (Å²) in [5.41, 5.74) is 6.57. The number of rotatable bonds is 5. The molecule has 0 heterocycles. The van der Waals surface area contributed by atoms with Crippen molar-refractivity contribution in [2.75, 3.05) is 0 Å². The highest BCUT2D eigenvalue weighted by molar-refractivity contribution is 5.76. The first-order chi connectivity index (χ1) is 5.07. The number of hydrogen-bond acceptors (Lipinski definition) is 3. The number of primary amides is 1. The van der Waals surface area contributed by atoms with E-state index in [0.717, 1.165) is 0 Å². The van der Waals surface area contributed by atoms with Gasteiger partial charge in [-0.15, -0.1) is 0 Å². The first-order valence-electron chi connectivity index (χ1n) is 3.26. The molecule has 5 nitrogen and oxygen atoms in total. The average molecular weight is 147 g/mol. The molecule has 5 heteroatoms. The molecule has 0 spiro atoms. The van der Waals surface area contributed by atoms with Crippen LogP contribution in [0, 0.1) is 0 Å². The molecule has 0 fully saturated rings. The lowest BCUT2D eigenvalue weighted by molar-refractivity contribution is -0.138. The second-order valence-corrected chi connectivity index (χ2v) is 1.90. The lowest BCUT2D eigenvalue weighted by Gasteiger charge is -2.01. The van der Waals surface area contributed by atoms with Crippen LogP contribution in [0.5, 0.6) is 0 Å². The summed E-state index contributed by atoms with van der Waals surface area (Å²) in [5, 5.41) is 8.35. The third kappa shape index (κ3) is 3.85. The van der Waals surface area contributed by atoms with Crippen molar-refractivity contribution in [1.29, 1.82) is 0 Å².